The first-order valence-electron chi connectivity index (χ1n) is 10.2. The molecule has 0 saturated carbocycles. The van der Waals surface area contributed by atoms with E-state index < -0.39 is 22.7 Å². The molecule has 14 nitrogen and oxygen atoms in total. The number of ether oxygens (including phenoxy) is 4. The minimum absolute atomic E-state index is 0. The lowest BCUT2D eigenvalue weighted by Gasteiger charge is -2.14. The van der Waals surface area contributed by atoms with Gasteiger partial charge in [-0.05, 0) is 36.6 Å². The number of nitrogens with one attached hydrogen (secondary N) is 2. The fourth-order valence-electron chi connectivity index (χ4n) is 2.58. The Hall–Kier alpha value is -3.47. The molecule has 0 unspecified atom stereocenters. The highest BCUT2D eigenvalue weighted by Gasteiger charge is 2.18. The zero-order valence-corrected chi connectivity index (χ0v) is 20.2. The summed E-state index contributed by atoms with van der Waals surface area (Å²) >= 11 is 9.35. The van der Waals surface area contributed by atoms with E-state index in [-0.39, 0.29) is 44.5 Å². The standard InChI is InChI=1S/C10H11N3O4S.C7H4N2O2S.C3H7NO2.3CH4/c14-13(15)8-4-2-1-3-7(8)11-9(18)12-10-16-5-6-17-10;10-9(11)7-4-2-1-3-6(7)8-5-12;4-3-5-1-2-6-3;;;/h1-4,10H,5-6H2,(H2,11,12,18);1-4H;3H,1-2,4H2;3*1H4. The van der Waals surface area contributed by atoms with Crippen LogP contribution < -0.4 is 16.4 Å². The van der Waals surface area contributed by atoms with Gasteiger partial charge in [0.25, 0.3) is 11.4 Å². The fourth-order valence-corrected chi connectivity index (χ4v) is 2.89. The Kier molecular flexibility index (Phi) is 19.8. The third-order valence-corrected chi connectivity index (χ3v) is 4.42. The number of nitrogens with zero attached hydrogens (tertiary/aromatic N) is 3. The van der Waals surface area contributed by atoms with Crippen molar-refractivity contribution in [1.29, 1.82) is 0 Å². The number of thiocarbonyl (C=S) groups is 2. The second-order valence-electron chi connectivity index (χ2n) is 6.51. The lowest BCUT2D eigenvalue weighted by atomic mass is 10.3. The average molecular weight is 587 g/mol. The summed E-state index contributed by atoms with van der Waals surface area (Å²) < 4.78 is 19.7. The normalized spacial score (nSPS) is 13.7. The van der Waals surface area contributed by atoms with Crippen molar-refractivity contribution >= 4 is 57.5 Å². The fraction of sp³-hybridized carbons (Fsp3) is 0.391. The predicted octanol–water partition coefficient (Wildman–Crippen LogP) is 4.72. The number of benzene rings is 2. The van der Waals surface area contributed by atoms with Crippen LogP contribution >= 0.6 is 24.4 Å². The molecule has 2 saturated heterocycles. The predicted molar refractivity (Wildman–Crippen MR) is 156 cm³/mol. The SMILES string of the molecule is C.C.C.NC1OCCO1.O=[N+]([O-])c1ccccc1N=C=S.O=[N+]([O-])c1ccccc1NC(=S)NC1OCCO1. The lowest BCUT2D eigenvalue weighted by Crippen LogP contribution is -2.38. The molecule has 0 aliphatic carbocycles. The Morgan fingerprint density at radius 1 is 0.897 bits per heavy atom. The molecule has 39 heavy (non-hydrogen) atoms. The summed E-state index contributed by atoms with van der Waals surface area (Å²) in [5.41, 5.74) is 5.53. The average Bonchev–Trinajstić information content (AvgIpc) is 3.54. The van der Waals surface area contributed by atoms with Crippen LogP contribution in [0.1, 0.15) is 22.3 Å². The van der Waals surface area contributed by atoms with Crippen LogP contribution in [0.5, 0.6) is 0 Å². The zero-order valence-electron chi connectivity index (χ0n) is 18.6. The number of nitro benzene ring substituents is 2. The molecule has 2 aromatic carbocycles. The van der Waals surface area contributed by atoms with Gasteiger partial charge in [0.1, 0.15) is 5.69 Å². The third kappa shape index (κ3) is 13.8. The number of hydrogen-bond donors (Lipinski definition) is 3. The van der Waals surface area contributed by atoms with Crippen molar-refractivity contribution in [3.8, 4) is 0 Å². The van der Waals surface area contributed by atoms with Gasteiger partial charge in [-0.1, -0.05) is 46.5 Å². The number of isothiocyanates is 1. The van der Waals surface area contributed by atoms with Gasteiger partial charge in [-0.2, -0.15) is 4.99 Å². The van der Waals surface area contributed by atoms with Gasteiger partial charge in [0.15, 0.2) is 10.8 Å². The molecule has 2 aliphatic heterocycles. The number of nitrogens with two attached hydrogens (primary N) is 1. The van der Waals surface area contributed by atoms with Crippen LogP contribution in [0.4, 0.5) is 22.7 Å². The molecule has 2 fully saturated rings. The Bertz CT molecular complexity index is 1070. The molecule has 4 N–H and O–H groups in total. The second-order valence-corrected chi connectivity index (χ2v) is 7.10. The highest BCUT2D eigenvalue weighted by Crippen LogP contribution is 2.25. The topological polar surface area (TPSA) is 186 Å². The molecule has 0 bridgehead atoms. The molecular formula is C23H34N6O8S2. The number of hydrogen-bond acceptors (Lipinski definition) is 12. The number of rotatable bonds is 5. The Morgan fingerprint density at radius 3 is 1.87 bits per heavy atom. The van der Waals surface area contributed by atoms with Gasteiger partial charge in [-0.3, -0.25) is 26.0 Å². The lowest BCUT2D eigenvalue weighted by molar-refractivity contribution is -0.384. The van der Waals surface area contributed by atoms with Crippen molar-refractivity contribution in [3.05, 3.63) is 68.8 Å². The minimum Gasteiger partial charge on any atom is -0.338 e. The van der Waals surface area contributed by atoms with Crippen LogP contribution in [0.25, 0.3) is 0 Å². The first-order chi connectivity index (χ1) is 17.3. The van der Waals surface area contributed by atoms with Crippen LogP contribution in [-0.2, 0) is 18.9 Å². The maximum absolute atomic E-state index is 10.8. The van der Waals surface area contributed by atoms with Gasteiger partial charge >= 0.3 is 0 Å². The Labute approximate surface area is 237 Å². The number of para-hydroxylation sites is 4. The van der Waals surface area contributed by atoms with Crippen molar-refractivity contribution in [2.45, 2.75) is 35.1 Å². The van der Waals surface area contributed by atoms with Crippen LogP contribution in [0.2, 0.25) is 0 Å². The van der Waals surface area contributed by atoms with Crippen molar-refractivity contribution in [3.63, 3.8) is 0 Å². The van der Waals surface area contributed by atoms with Gasteiger partial charge in [-0.25, -0.2) is 0 Å². The van der Waals surface area contributed by atoms with Crippen molar-refractivity contribution in [2.24, 2.45) is 10.7 Å². The molecule has 0 spiro atoms. The molecule has 0 radical (unpaired) electrons. The number of nitro groups is 2. The molecule has 16 heteroatoms. The molecule has 2 heterocycles. The van der Waals surface area contributed by atoms with Crippen LogP contribution in [-0.4, -0.2) is 59.4 Å². The van der Waals surface area contributed by atoms with Crippen molar-refractivity contribution in [2.75, 3.05) is 31.7 Å². The van der Waals surface area contributed by atoms with Gasteiger partial charge in [0, 0.05) is 12.1 Å². The van der Waals surface area contributed by atoms with Gasteiger partial charge < -0.3 is 29.6 Å². The summed E-state index contributed by atoms with van der Waals surface area (Å²) in [4.78, 5) is 23.7. The molecular weight excluding hydrogens is 552 g/mol. The van der Waals surface area contributed by atoms with E-state index in [1.807, 2.05) is 0 Å². The van der Waals surface area contributed by atoms with E-state index in [0.29, 0.717) is 32.1 Å². The zero-order chi connectivity index (χ0) is 26.3. The largest absolute Gasteiger partial charge is 0.338 e. The van der Waals surface area contributed by atoms with E-state index in [4.69, 9.17) is 36.9 Å². The van der Waals surface area contributed by atoms with E-state index in [1.165, 1.54) is 18.2 Å². The van der Waals surface area contributed by atoms with Crippen LogP contribution in [0, 0.1) is 20.2 Å². The summed E-state index contributed by atoms with van der Waals surface area (Å²) in [5, 5.41) is 29.0. The van der Waals surface area contributed by atoms with Crippen LogP contribution in [0.15, 0.2) is 53.5 Å². The highest BCUT2D eigenvalue weighted by molar-refractivity contribution is 7.80. The summed E-state index contributed by atoms with van der Waals surface area (Å²) in [6.07, 6.45) is -1.06. The van der Waals surface area contributed by atoms with E-state index in [0.717, 1.165) is 0 Å². The summed E-state index contributed by atoms with van der Waals surface area (Å²) in [6, 6.07) is 12.3. The van der Waals surface area contributed by atoms with E-state index >= 15 is 0 Å². The molecule has 2 aliphatic rings. The molecule has 2 aromatic rings. The quantitative estimate of drug-likeness (QED) is 0.189. The third-order valence-electron chi connectivity index (χ3n) is 4.11. The van der Waals surface area contributed by atoms with Crippen LogP contribution in [0.3, 0.4) is 0 Å². The maximum atomic E-state index is 10.8. The van der Waals surface area contributed by atoms with E-state index in [1.54, 1.807) is 30.3 Å². The van der Waals surface area contributed by atoms with Gasteiger partial charge in [0.05, 0.1) is 41.4 Å². The highest BCUT2D eigenvalue weighted by atomic mass is 32.1. The number of aliphatic imine (C=N–C) groups is 1. The molecule has 4 rings (SSSR count). The first-order valence-corrected chi connectivity index (χ1v) is 11.0. The van der Waals surface area contributed by atoms with Gasteiger partial charge in [0.2, 0.25) is 12.8 Å². The Morgan fingerprint density at radius 2 is 1.38 bits per heavy atom. The number of anilines is 1. The first kappa shape index (κ1) is 37.7. The minimum atomic E-state index is -0.604. The molecule has 216 valence electrons. The van der Waals surface area contributed by atoms with Crippen molar-refractivity contribution < 1.29 is 28.8 Å². The summed E-state index contributed by atoms with van der Waals surface area (Å²) in [6.45, 7) is 2.26. The maximum Gasteiger partial charge on any atom is 0.295 e. The summed E-state index contributed by atoms with van der Waals surface area (Å²) in [5.74, 6) is 0. The summed E-state index contributed by atoms with van der Waals surface area (Å²) in [7, 11) is 0. The van der Waals surface area contributed by atoms with Crippen molar-refractivity contribution in [1.82, 2.24) is 5.32 Å². The Balaban J connectivity index is 0. The second kappa shape index (κ2) is 20.5. The van der Waals surface area contributed by atoms with E-state index in [9.17, 15) is 20.2 Å². The smallest absolute Gasteiger partial charge is 0.295 e. The molecule has 0 amide bonds. The monoisotopic (exact) mass is 586 g/mol. The molecule has 0 aromatic heterocycles. The molecule has 0 atom stereocenters. The van der Waals surface area contributed by atoms with E-state index in [2.05, 4.69) is 33.0 Å². The van der Waals surface area contributed by atoms with Gasteiger partial charge in [-0.15, -0.1) is 0 Å².